The van der Waals surface area contributed by atoms with Gasteiger partial charge in [-0.15, -0.1) is 0 Å². The first-order valence-electron chi connectivity index (χ1n) is 4.88. The molecule has 2 rings (SSSR count). The Kier molecular flexibility index (Phi) is 3.28. The number of carbonyl (C=O) groups excluding carboxylic acids is 1. The molecule has 1 aromatic carbocycles. The van der Waals surface area contributed by atoms with Gasteiger partial charge in [0.1, 0.15) is 17.8 Å². The second-order valence-electron chi connectivity index (χ2n) is 3.53. The van der Waals surface area contributed by atoms with Gasteiger partial charge in [0.15, 0.2) is 0 Å². The molecule has 0 bridgehead atoms. The molecule has 0 spiro atoms. The highest BCUT2D eigenvalue weighted by molar-refractivity contribution is 9.10. The van der Waals surface area contributed by atoms with E-state index in [0.29, 0.717) is 21.5 Å². The first-order valence-corrected chi connectivity index (χ1v) is 5.67. The van der Waals surface area contributed by atoms with Crippen molar-refractivity contribution < 1.29 is 13.6 Å². The zero-order chi connectivity index (χ0) is 12.4. The van der Waals surface area contributed by atoms with Crippen molar-refractivity contribution in [3.05, 3.63) is 52.1 Å². The summed E-state index contributed by atoms with van der Waals surface area (Å²) in [6.07, 6.45) is 1.36. The number of anilines is 1. The van der Waals surface area contributed by atoms with E-state index >= 15 is 0 Å². The van der Waals surface area contributed by atoms with Gasteiger partial charge in [-0.25, -0.2) is 4.39 Å². The third-order valence-electron chi connectivity index (χ3n) is 2.17. The van der Waals surface area contributed by atoms with Crippen LogP contribution < -0.4 is 5.32 Å². The van der Waals surface area contributed by atoms with Crippen molar-refractivity contribution in [1.82, 2.24) is 0 Å². The van der Waals surface area contributed by atoms with Gasteiger partial charge in [-0.05, 0) is 47.1 Å². The van der Waals surface area contributed by atoms with E-state index in [-0.39, 0.29) is 5.91 Å². The molecule has 0 saturated heterocycles. The second kappa shape index (κ2) is 4.71. The van der Waals surface area contributed by atoms with Crippen molar-refractivity contribution in [3.8, 4) is 0 Å². The number of carbonyl (C=O) groups is 1. The average Bonchev–Trinajstić information content (AvgIpc) is 2.70. The Bertz CT molecular complexity index is 565. The lowest BCUT2D eigenvalue weighted by Gasteiger charge is -2.04. The minimum Gasteiger partial charge on any atom is -0.469 e. The van der Waals surface area contributed by atoms with Crippen LogP contribution in [0.2, 0.25) is 0 Å². The molecule has 1 N–H and O–H groups in total. The molecular formula is C12H9BrFNO2. The average molecular weight is 298 g/mol. The fourth-order valence-corrected chi connectivity index (χ4v) is 1.59. The van der Waals surface area contributed by atoms with Crippen LogP contribution in [0.15, 0.2) is 39.4 Å². The molecule has 3 nitrogen and oxygen atoms in total. The minimum absolute atomic E-state index is 0.330. The first-order chi connectivity index (χ1) is 8.06. The van der Waals surface area contributed by atoms with Gasteiger partial charge in [0.25, 0.3) is 5.91 Å². The number of nitrogens with one attached hydrogen (secondary N) is 1. The van der Waals surface area contributed by atoms with Crippen LogP contribution in [0.5, 0.6) is 0 Å². The van der Waals surface area contributed by atoms with E-state index in [0.717, 1.165) is 0 Å². The molecular weight excluding hydrogens is 289 g/mol. The van der Waals surface area contributed by atoms with Gasteiger partial charge < -0.3 is 9.73 Å². The third kappa shape index (κ3) is 2.74. The number of aryl methyl sites for hydroxylation is 1. The van der Waals surface area contributed by atoms with Gasteiger partial charge in [-0.2, -0.15) is 0 Å². The van der Waals surface area contributed by atoms with Crippen molar-refractivity contribution in [2.24, 2.45) is 0 Å². The summed E-state index contributed by atoms with van der Waals surface area (Å²) in [7, 11) is 0. The minimum atomic E-state index is -0.425. The highest BCUT2D eigenvalue weighted by Crippen LogP contribution is 2.20. The smallest absolute Gasteiger partial charge is 0.258 e. The van der Waals surface area contributed by atoms with E-state index in [4.69, 9.17) is 4.42 Å². The Hall–Kier alpha value is -1.62. The normalized spacial score (nSPS) is 10.3. The summed E-state index contributed by atoms with van der Waals surface area (Å²) in [5.41, 5.74) is 0.806. The molecule has 0 radical (unpaired) electrons. The van der Waals surface area contributed by atoms with Crippen LogP contribution in [-0.4, -0.2) is 5.91 Å². The maximum absolute atomic E-state index is 13.2. The molecule has 88 valence electrons. The number of hydrogen-bond acceptors (Lipinski definition) is 2. The fourth-order valence-electron chi connectivity index (χ4n) is 1.34. The summed E-state index contributed by atoms with van der Waals surface area (Å²) in [6, 6.07) is 6.00. The summed E-state index contributed by atoms with van der Waals surface area (Å²) in [5.74, 6) is -0.105. The second-order valence-corrected chi connectivity index (χ2v) is 4.38. The fraction of sp³-hybridized carbons (Fsp3) is 0.0833. The van der Waals surface area contributed by atoms with Crippen LogP contribution in [0.3, 0.4) is 0 Å². The molecule has 0 aliphatic rings. The number of amides is 1. The largest absolute Gasteiger partial charge is 0.469 e. The highest BCUT2D eigenvalue weighted by Gasteiger charge is 2.09. The van der Waals surface area contributed by atoms with Gasteiger partial charge in [-0.1, -0.05) is 0 Å². The summed E-state index contributed by atoms with van der Waals surface area (Å²) in [6.45, 7) is 1.75. The predicted molar refractivity (Wildman–Crippen MR) is 65.5 cm³/mol. The van der Waals surface area contributed by atoms with Gasteiger partial charge in [0.2, 0.25) is 0 Å². The number of furan rings is 1. The number of hydrogen-bond donors (Lipinski definition) is 1. The Morgan fingerprint density at radius 1 is 1.41 bits per heavy atom. The molecule has 0 aliphatic carbocycles. The van der Waals surface area contributed by atoms with Crippen LogP contribution in [0.1, 0.15) is 16.1 Å². The van der Waals surface area contributed by atoms with Crippen molar-refractivity contribution in [3.63, 3.8) is 0 Å². The van der Waals surface area contributed by atoms with E-state index in [1.54, 1.807) is 19.1 Å². The summed E-state index contributed by atoms with van der Waals surface area (Å²) >= 11 is 3.04. The standard InChI is InChI=1S/C12H9BrFNO2/c1-7-4-8(6-17-7)12(16)15-9-2-3-10(13)11(14)5-9/h2-6H,1H3,(H,15,16). The molecule has 17 heavy (non-hydrogen) atoms. The lowest BCUT2D eigenvalue weighted by molar-refractivity contribution is 0.102. The Morgan fingerprint density at radius 3 is 2.76 bits per heavy atom. The topological polar surface area (TPSA) is 42.2 Å². The summed E-state index contributed by atoms with van der Waals surface area (Å²) in [4.78, 5) is 11.7. The Balaban J connectivity index is 2.15. The molecule has 5 heteroatoms. The zero-order valence-electron chi connectivity index (χ0n) is 8.96. The maximum Gasteiger partial charge on any atom is 0.258 e. The van der Waals surface area contributed by atoms with Crippen LogP contribution in [0, 0.1) is 12.7 Å². The lowest BCUT2D eigenvalue weighted by atomic mass is 10.2. The monoisotopic (exact) mass is 297 g/mol. The number of rotatable bonds is 2. The van der Waals surface area contributed by atoms with Crippen molar-refractivity contribution in [2.75, 3.05) is 5.32 Å². The zero-order valence-corrected chi connectivity index (χ0v) is 10.5. The Morgan fingerprint density at radius 2 is 2.18 bits per heavy atom. The van der Waals surface area contributed by atoms with Crippen molar-refractivity contribution in [2.45, 2.75) is 6.92 Å². The van der Waals surface area contributed by atoms with Crippen LogP contribution in [0.4, 0.5) is 10.1 Å². The van der Waals surface area contributed by atoms with Crippen LogP contribution in [-0.2, 0) is 0 Å². The van der Waals surface area contributed by atoms with Gasteiger partial charge in [-0.3, -0.25) is 4.79 Å². The van der Waals surface area contributed by atoms with Crippen LogP contribution >= 0.6 is 15.9 Å². The molecule has 0 fully saturated rings. The first kappa shape index (κ1) is 11.9. The van der Waals surface area contributed by atoms with Crippen LogP contribution in [0.25, 0.3) is 0 Å². The molecule has 1 amide bonds. The molecule has 0 atom stereocenters. The number of halogens is 2. The van der Waals surface area contributed by atoms with E-state index < -0.39 is 5.82 Å². The van der Waals surface area contributed by atoms with Gasteiger partial charge in [0, 0.05) is 5.69 Å². The van der Waals surface area contributed by atoms with Crippen molar-refractivity contribution >= 4 is 27.5 Å². The van der Waals surface area contributed by atoms with Gasteiger partial charge in [0.05, 0.1) is 10.0 Å². The molecule has 1 aromatic heterocycles. The Labute approximate surface area is 106 Å². The maximum atomic E-state index is 13.2. The van der Waals surface area contributed by atoms with E-state index in [9.17, 15) is 9.18 Å². The molecule has 0 saturated carbocycles. The van der Waals surface area contributed by atoms with E-state index in [1.165, 1.54) is 18.4 Å². The van der Waals surface area contributed by atoms with Gasteiger partial charge >= 0.3 is 0 Å². The summed E-state index contributed by atoms with van der Waals surface area (Å²) < 4.78 is 18.6. The quantitative estimate of drug-likeness (QED) is 0.917. The van der Waals surface area contributed by atoms with Crippen molar-refractivity contribution in [1.29, 1.82) is 0 Å². The van der Waals surface area contributed by atoms with E-state index in [2.05, 4.69) is 21.2 Å². The predicted octanol–water partition coefficient (Wildman–Crippen LogP) is 3.74. The summed E-state index contributed by atoms with van der Waals surface area (Å²) in [5, 5.41) is 2.58. The molecule has 1 heterocycles. The van der Waals surface area contributed by atoms with E-state index in [1.807, 2.05) is 0 Å². The molecule has 2 aromatic rings. The molecule has 0 aliphatic heterocycles. The SMILES string of the molecule is Cc1cc(C(=O)Nc2ccc(Br)c(F)c2)co1. The lowest BCUT2D eigenvalue weighted by Crippen LogP contribution is -2.10. The highest BCUT2D eigenvalue weighted by atomic mass is 79.9. The molecule has 0 unspecified atom stereocenters. The number of benzene rings is 1. The third-order valence-corrected chi connectivity index (χ3v) is 2.81.